The number of halogens is 4. The molecule has 0 bridgehead atoms. The van der Waals surface area contributed by atoms with Crippen LogP contribution in [0, 0.1) is 18.6 Å². The lowest BCUT2D eigenvalue weighted by atomic mass is 9.98. The van der Waals surface area contributed by atoms with Crippen LogP contribution in [0.5, 0.6) is 5.75 Å². The third kappa shape index (κ3) is 5.51. The lowest BCUT2D eigenvalue weighted by Gasteiger charge is -2.37. The van der Waals surface area contributed by atoms with Gasteiger partial charge in [0.1, 0.15) is 11.6 Å². The summed E-state index contributed by atoms with van der Waals surface area (Å²) in [5.41, 5.74) is -1.83. The van der Waals surface area contributed by atoms with Gasteiger partial charge >= 0.3 is 0 Å². The average molecular weight is 675 g/mol. The number of fused-ring (bicyclic) bond motifs is 1. The minimum atomic E-state index is -4.34. The minimum absolute atomic E-state index is 0.0572. The number of aromatic nitrogens is 2. The number of piperazine rings is 1. The molecule has 3 heterocycles. The van der Waals surface area contributed by atoms with Crippen molar-refractivity contribution in [1.82, 2.24) is 14.5 Å². The first-order valence-corrected chi connectivity index (χ1v) is 16.5. The van der Waals surface area contributed by atoms with Crippen molar-refractivity contribution >= 4 is 43.9 Å². The van der Waals surface area contributed by atoms with Crippen LogP contribution in [-0.4, -0.2) is 66.3 Å². The molecule has 2 aromatic carbocycles. The second-order valence-electron chi connectivity index (χ2n) is 11.4. The molecule has 4 aromatic rings. The molecule has 0 radical (unpaired) electrons. The summed E-state index contributed by atoms with van der Waals surface area (Å²) in [7, 11) is -4.34. The molecule has 242 valence electrons. The van der Waals surface area contributed by atoms with Crippen molar-refractivity contribution < 1.29 is 31.5 Å². The largest absolute Gasteiger partial charge is 0.507 e. The van der Waals surface area contributed by atoms with Crippen LogP contribution >= 0.6 is 11.6 Å². The second kappa shape index (κ2) is 12.1. The number of nitrogens with zero attached hydrogens (tertiary/aromatic N) is 4. The number of rotatable bonds is 6. The molecule has 1 amide bonds. The number of pyridine rings is 2. The summed E-state index contributed by atoms with van der Waals surface area (Å²) in [6, 6.07) is 6.20. The number of carbonyl (C=O) groups excluding carboxylic acids is 1. The van der Waals surface area contributed by atoms with Crippen LogP contribution in [0.25, 0.3) is 27.7 Å². The van der Waals surface area contributed by atoms with E-state index in [0.29, 0.717) is 11.3 Å². The fourth-order valence-electron chi connectivity index (χ4n) is 5.88. The standard InChI is InChI=1S/C32H30ClF3N4O5S/c1-16(2)26-27(17(3)9-10-37-26)40-28-19(15-20(33)23(25(28)36)24-21(35)7-6-8-22(24)41)29(30(32(40)43)46(5,44)45)38-11-13-39(14-12-38)31(42)18(4)34/h6-10,15-16,41H,4,11-14H2,1-3,5H3. The van der Waals surface area contributed by atoms with Crippen LogP contribution in [0.1, 0.15) is 31.0 Å². The molecule has 1 aliphatic heterocycles. The normalized spacial score (nSPS) is 13.9. The Bertz CT molecular complexity index is 2090. The van der Waals surface area contributed by atoms with Crippen molar-refractivity contribution in [2.24, 2.45) is 0 Å². The third-order valence-electron chi connectivity index (χ3n) is 7.94. The summed E-state index contributed by atoms with van der Waals surface area (Å²) < 4.78 is 73.8. The Hall–Kier alpha value is -4.36. The molecule has 9 nitrogen and oxygen atoms in total. The Morgan fingerprint density at radius 1 is 1.09 bits per heavy atom. The third-order valence-corrected chi connectivity index (χ3v) is 9.34. The van der Waals surface area contributed by atoms with Crippen molar-refractivity contribution in [3.8, 4) is 22.6 Å². The number of aryl methyl sites for hydroxylation is 1. The van der Waals surface area contributed by atoms with Crippen LogP contribution in [0.3, 0.4) is 0 Å². The number of carbonyl (C=O) groups is 1. The van der Waals surface area contributed by atoms with Gasteiger partial charge in [0.25, 0.3) is 11.5 Å². The molecule has 1 fully saturated rings. The van der Waals surface area contributed by atoms with Crippen molar-refractivity contribution in [3.63, 3.8) is 0 Å². The predicted octanol–water partition coefficient (Wildman–Crippen LogP) is 5.66. The van der Waals surface area contributed by atoms with Crippen LogP contribution in [0.2, 0.25) is 5.02 Å². The Balaban J connectivity index is 1.98. The number of hydrogen-bond acceptors (Lipinski definition) is 7. The Kier molecular flexibility index (Phi) is 8.69. The lowest BCUT2D eigenvalue weighted by Crippen LogP contribution is -2.49. The molecular weight excluding hydrogens is 645 g/mol. The molecular formula is C32H30ClF3N4O5S. The maximum absolute atomic E-state index is 17.2. The molecule has 0 atom stereocenters. The van der Waals surface area contributed by atoms with Crippen LogP contribution in [0.4, 0.5) is 18.9 Å². The summed E-state index contributed by atoms with van der Waals surface area (Å²) in [6.07, 6.45) is 2.36. The van der Waals surface area contributed by atoms with Gasteiger partial charge < -0.3 is 14.9 Å². The van der Waals surface area contributed by atoms with Crippen molar-refractivity contribution in [1.29, 1.82) is 0 Å². The molecule has 5 rings (SSSR count). The quantitative estimate of drug-likeness (QED) is 0.263. The van der Waals surface area contributed by atoms with Crippen LogP contribution in [0.15, 0.2) is 58.6 Å². The van der Waals surface area contributed by atoms with Crippen molar-refractivity contribution in [2.45, 2.75) is 31.6 Å². The minimum Gasteiger partial charge on any atom is -0.507 e. The monoisotopic (exact) mass is 674 g/mol. The van der Waals surface area contributed by atoms with E-state index in [2.05, 4.69) is 11.6 Å². The zero-order valence-electron chi connectivity index (χ0n) is 25.4. The van der Waals surface area contributed by atoms with Gasteiger partial charge in [0.2, 0.25) is 0 Å². The first-order valence-electron chi connectivity index (χ1n) is 14.2. The van der Waals surface area contributed by atoms with E-state index >= 15 is 8.78 Å². The summed E-state index contributed by atoms with van der Waals surface area (Å²) in [5, 5.41) is 10.1. The second-order valence-corrected chi connectivity index (χ2v) is 13.7. The number of aromatic hydroxyl groups is 1. The van der Waals surface area contributed by atoms with Gasteiger partial charge in [-0.2, -0.15) is 0 Å². The SMILES string of the molecule is C=C(F)C(=O)N1CCN(c2c(S(C)(=O)=O)c(=O)n(-c3c(C)ccnc3C(C)C)c3c(F)c(-c4c(O)cccc4F)c(Cl)cc23)CC1. The Labute approximate surface area is 268 Å². The highest BCUT2D eigenvalue weighted by Crippen LogP contribution is 2.45. The highest BCUT2D eigenvalue weighted by atomic mass is 35.5. The van der Waals surface area contributed by atoms with E-state index < -0.39 is 66.1 Å². The van der Waals surface area contributed by atoms with Gasteiger partial charge in [-0.25, -0.2) is 21.6 Å². The first-order chi connectivity index (χ1) is 21.6. The number of phenolic OH excluding ortho intramolecular Hbond substituents is 1. The molecule has 1 aliphatic rings. The van der Waals surface area contributed by atoms with E-state index in [9.17, 15) is 27.5 Å². The highest BCUT2D eigenvalue weighted by Gasteiger charge is 2.35. The predicted molar refractivity (Wildman–Crippen MR) is 170 cm³/mol. The maximum Gasteiger partial charge on any atom is 0.282 e. The van der Waals surface area contributed by atoms with E-state index in [-0.39, 0.29) is 53.9 Å². The summed E-state index contributed by atoms with van der Waals surface area (Å²) >= 11 is 6.63. The number of amides is 1. The van der Waals surface area contributed by atoms with Gasteiger partial charge in [0, 0.05) is 49.6 Å². The molecule has 2 aromatic heterocycles. The summed E-state index contributed by atoms with van der Waals surface area (Å²) in [6.45, 7) is 8.05. The number of hydrogen-bond donors (Lipinski definition) is 1. The molecule has 0 spiro atoms. The lowest BCUT2D eigenvalue weighted by molar-refractivity contribution is -0.128. The number of sulfone groups is 1. The van der Waals surface area contributed by atoms with Crippen molar-refractivity contribution in [2.75, 3.05) is 37.3 Å². The Morgan fingerprint density at radius 3 is 2.30 bits per heavy atom. The fourth-order valence-corrected chi connectivity index (χ4v) is 7.16. The van der Waals surface area contributed by atoms with Gasteiger partial charge in [-0.15, -0.1) is 0 Å². The van der Waals surface area contributed by atoms with E-state index in [0.717, 1.165) is 23.0 Å². The van der Waals surface area contributed by atoms with E-state index in [1.165, 1.54) is 28.1 Å². The van der Waals surface area contributed by atoms with Crippen molar-refractivity contribution in [3.05, 3.63) is 87.2 Å². The first kappa shape index (κ1) is 33.0. The summed E-state index contributed by atoms with van der Waals surface area (Å²) in [4.78, 5) is 33.2. The molecule has 0 saturated carbocycles. The molecule has 14 heteroatoms. The summed E-state index contributed by atoms with van der Waals surface area (Å²) in [5.74, 6) is -5.19. The highest BCUT2D eigenvalue weighted by molar-refractivity contribution is 7.90. The molecule has 1 saturated heterocycles. The molecule has 1 N–H and O–H groups in total. The fraction of sp³-hybridized carbons (Fsp3) is 0.281. The van der Waals surface area contributed by atoms with Gasteiger partial charge in [0.05, 0.1) is 33.2 Å². The van der Waals surface area contributed by atoms with Crippen LogP contribution in [-0.2, 0) is 14.6 Å². The topological polar surface area (TPSA) is 113 Å². The zero-order chi connectivity index (χ0) is 33.8. The average Bonchev–Trinajstić information content (AvgIpc) is 2.97. The number of benzene rings is 2. The van der Waals surface area contributed by atoms with Gasteiger partial charge in [0.15, 0.2) is 26.4 Å². The number of anilines is 1. The molecule has 0 aliphatic carbocycles. The molecule has 46 heavy (non-hydrogen) atoms. The number of phenols is 1. The molecule has 0 unspecified atom stereocenters. The maximum atomic E-state index is 17.2. The van der Waals surface area contributed by atoms with Crippen LogP contribution < -0.4 is 10.5 Å². The van der Waals surface area contributed by atoms with E-state index in [1.54, 1.807) is 26.8 Å². The van der Waals surface area contributed by atoms with Gasteiger partial charge in [-0.05, 0) is 42.7 Å². The van der Waals surface area contributed by atoms with Gasteiger partial charge in [-0.3, -0.25) is 19.1 Å². The van der Waals surface area contributed by atoms with Gasteiger partial charge in [-0.1, -0.05) is 38.1 Å². The Morgan fingerprint density at radius 2 is 1.74 bits per heavy atom. The van der Waals surface area contributed by atoms with E-state index in [4.69, 9.17) is 11.6 Å². The van der Waals surface area contributed by atoms with E-state index in [1.807, 2.05) is 0 Å². The smallest absolute Gasteiger partial charge is 0.282 e. The zero-order valence-corrected chi connectivity index (χ0v) is 26.9.